The van der Waals surface area contributed by atoms with E-state index in [0.29, 0.717) is 0 Å². The zero-order valence-corrected chi connectivity index (χ0v) is 9.04. The highest BCUT2D eigenvalue weighted by molar-refractivity contribution is 7.08. The molecule has 1 aliphatic rings. The molecule has 3 heterocycles. The first-order valence-corrected chi connectivity index (χ1v) is 6.02. The summed E-state index contributed by atoms with van der Waals surface area (Å²) >= 11 is 1.58. The molecule has 3 heteroatoms. The summed E-state index contributed by atoms with van der Waals surface area (Å²) in [6.07, 6.45) is 3.00. The summed E-state index contributed by atoms with van der Waals surface area (Å²) in [4.78, 5) is 12.2. The van der Waals surface area contributed by atoms with E-state index in [0.717, 1.165) is 18.5 Å². The van der Waals surface area contributed by atoms with E-state index in [4.69, 9.17) is 0 Å². The first-order chi connectivity index (χ1) is 7.36. The normalized spacial score (nSPS) is 19.1. The van der Waals surface area contributed by atoms with Crippen LogP contribution in [0.25, 0.3) is 0 Å². The van der Waals surface area contributed by atoms with Crippen molar-refractivity contribution in [3.63, 3.8) is 0 Å². The Morgan fingerprint density at radius 3 is 3.20 bits per heavy atom. The molecule has 15 heavy (non-hydrogen) atoms. The molecule has 2 nitrogen and oxygen atoms in total. The molecular weight excluding hydrogens is 206 g/mol. The second-order valence-electron chi connectivity index (χ2n) is 3.84. The molecule has 0 fully saturated rings. The van der Waals surface area contributed by atoms with Gasteiger partial charge in [-0.1, -0.05) is 0 Å². The number of hydrogen-bond acceptors (Lipinski definition) is 2. The number of Topliss-reactive ketones (excluding diaryl/α,β-unsaturated/α-hetero) is 1. The third-order valence-electron chi connectivity index (χ3n) is 3.00. The number of hydrogen-bond donors (Lipinski definition) is 0. The fourth-order valence-electron chi connectivity index (χ4n) is 2.23. The van der Waals surface area contributed by atoms with E-state index in [9.17, 15) is 4.79 Å². The predicted octanol–water partition coefficient (Wildman–Crippen LogP) is 2.92. The molecule has 0 aliphatic carbocycles. The van der Waals surface area contributed by atoms with Gasteiger partial charge in [0.15, 0.2) is 5.78 Å². The number of nitrogens with zero attached hydrogens (tertiary/aromatic N) is 1. The Morgan fingerprint density at radius 2 is 2.40 bits per heavy atom. The molecule has 2 aromatic rings. The van der Waals surface area contributed by atoms with Crippen LogP contribution >= 0.6 is 11.3 Å². The van der Waals surface area contributed by atoms with E-state index in [-0.39, 0.29) is 11.7 Å². The van der Waals surface area contributed by atoms with Crippen molar-refractivity contribution < 1.29 is 4.79 Å². The van der Waals surface area contributed by atoms with Gasteiger partial charge in [-0.05, 0) is 30.0 Å². The maximum absolute atomic E-state index is 12.2. The standard InChI is InChI=1S/C12H11NOS/c14-12(9-4-7-15-8-9)10-3-6-13-5-1-2-11(10)13/h1-2,4-5,7-8,10H,3,6H2. The van der Waals surface area contributed by atoms with Gasteiger partial charge in [0.05, 0.1) is 5.92 Å². The molecule has 0 N–H and O–H groups in total. The quantitative estimate of drug-likeness (QED) is 0.709. The van der Waals surface area contributed by atoms with Crippen molar-refractivity contribution in [3.05, 3.63) is 46.4 Å². The van der Waals surface area contributed by atoms with E-state index < -0.39 is 0 Å². The zero-order chi connectivity index (χ0) is 10.3. The summed E-state index contributed by atoms with van der Waals surface area (Å²) in [5.74, 6) is 0.350. The van der Waals surface area contributed by atoms with Crippen LogP contribution in [0.1, 0.15) is 28.4 Å². The number of aryl methyl sites for hydroxylation is 1. The largest absolute Gasteiger partial charge is 0.351 e. The van der Waals surface area contributed by atoms with Crippen molar-refractivity contribution in [1.29, 1.82) is 0 Å². The second kappa shape index (κ2) is 3.35. The molecule has 3 rings (SSSR count). The first kappa shape index (κ1) is 8.92. The SMILES string of the molecule is O=C(c1ccsc1)C1CCn2cccc21. The molecule has 0 bridgehead atoms. The monoisotopic (exact) mass is 217 g/mol. The van der Waals surface area contributed by atoms with E-state index in [1.807, 2.05) is 22.9 Å². The van der Waals surface area contributed by atoms with Crippen molar-refractivity contribution in [3.8, 4) is 0 Å². The fraction of sp³-hybridized carbons (Fsp3) is 0.250. The highest BCUT2D eigenvalue weighted by atomic mass is 32.1. The highest BCUT2D eigenvalue weighted by Crippen LogP contribution is 2.31. The summed E-state index contributed by atoms with van der Waals surface area (Å²) in [5, 5.41) is 3.90. The molecule has 1 unspecified atom stereocenters. The molecule has 1 aliphatic heterocycles. The lowest BCUT2D eigenvalue weighted by atomic mass is 9.95. The number of carbonyl (C=O) groups excluding carboxylic acids is 1. The van der Waals surface area contributed by atoms with Crippen molar-refractivity contribution >= 4 is 17.1 Å². The van der Waals surface area contributed by atoms with Crippen LogP contribution in [0.2, 0.25) is 0 Å². The van der Waals surface area contributed by atoms with Crippen LogP contribution in [0.4, 0.5) is 0 Å². The van der Waals surface area contributed by atoms with E-state index in [1.54, 1.807) is 11.3 Å². The van der Waals surface area contributed by atoms with Crippen LogP contribution in [0.15, 0.2) is 35.2 Å². The lowest BCUT2D eigenvalue weighted by Gasteiger charge is -2.06. The molecule has 0 saturated carbocycles. The molecule has 0 radical (unpaired) electrons. The molecule has 0 aromatic carbocycles. The first-order valence-electron chi connectivity index (χ1n) is 5.08. The van der Waals surface area contributed by atoms with E-state index in [1.165, 1.54) is 5.69 Å². The average molecular weight is 217 g/mol. The average Bonchev–Trinajstić information content (AvgIpc) is 2.94. The predicted molar refractivity (Wildman–Crippen MR) is 60.4 cm³/mol. The topological polar surface area (TPSA) is 22.0 Å². The molecule has 1 atom stereocenters. The van der Waals surface area contributed by atoms with E-state index in [2.05, 4.69) is 16.8 Å². The van der Waals surface area contributed by atoms with Gasteiger partial charge in [0.2, 0.25) is 0 Å². The number of ketones is 1. The third kappa shape index (κ3) is 1.35. The number of fused-ring (bicyclic) bond motifs is 1. The van der Waals surface area contributed by atoms with Gasteiger partial charge >= 0.3 is 0 Å². The smallest absolute Gasteiger partial charge is 0.172 e. The van der Waals surface area contributed by atoms with Crippen molar-refractivity contribution in [2.24, 2.45) is 0 Å². The Kier molecular flexibility index (Phi) is 1.99. The zero-order valence-electron chi connectivity index (χ0n) is 8.22. The minimum Gasteiger partial charge on any atom is -0.351 e. The van der Waals surface area contributed by atoms with Crippen molar-refractivity contribution in [2.45, 2.75) is 18.9 Å². The van der Waals surface area contributed by atoms with Gasteiger partial charge in [-0.3, -0.25) is 4.79 Å². The Hall–Kier alpha value is -1.35. The Balaban J connectivity index is 1.95. The molecule has 2 aromatic heterocycles. The fourth-order valence-corrected chi connectivity index (χ4v) is 2.88. The van der Waals surface area contributed by atoms with Gasteiger partial charge in [-0.25, -0.2) is 0 Å². The van der Waals surface area contributed by atoms with Gasteiger partial charge in [-0.15, -0.1) is 0 Å². The van der Waals surface area contributed by atoms with Gasteiger partial charge in [-0.2, -0.15) is 11.3 Å². The van der Waals surface area contributed by atoms with Gasteiger partial charge in [0.25, 0.3) is 0 Å². The van der Waals surface area contributed by atoms with Crippen LogP contribution in [0, 0.1) is 0 Å². The van der Waals surface area contributed by atoms with Crippen LogP contribution in [0.5, 0.6) is 0 Å². The van der Waals surface area contributed by atoms with Crippen LogP contribution < -0.4 is 0 Å². The molecule has 0 spiro atoms. The van der Waals surface area contributed by atoms with Crippen molar-refractivity contribution in [2.75, 3.05) is 0 Å². The van der Waals surface area contributed by atoms with E-state index >= 15 is 0 Å². The summed E-state index contributed by atoms with van der Waals surface area (Å²) in [7, 11) is 0. The Labute approximate surface area is 92.2 Å². The molecule has 0 amide bonds. The molecule has 0 saturated heterocycles. The number of carbonyl (C=O) groups is 1. The summed E-state index contributed by atoms with van der Waals surface area (Å²) in [6.45, 7) is 0.975. The highest BCUT2D eigenvalue weighted by Gasteiger charge is 2.28. The number of rotatable bonds is 2. The van der Waals surface area contributed by atoms with Crippen LogP contribution in [-0.4, -0.2) is 10.4 Å². The summed E-state index contributed by atoms with van der Waals surface area (Å²) in [5.41, 5.74) is 2.03. The minimum absolute atomic E-state index is 0.0783. The van der Waals surface area contributed by atoms with Gasteiger partial charge in [0.1, 0.15) is 0 Å². The molecule has 76 valence electrons. The Morgan fingerprint density at radius 1 is 1.47 bits per heavy atom. The lowest BCUT2D eigenvalue weighted by Crippen LogP contribution is -2.08. The van der Waals surface area contributed by atoms with Gasteiger partial charge < -0.3 is 4.57 Å². The second-order valence-corrected chi connectivity index (χ2v) is 4.62. The van der Waals surface area contributed by atoms with Gasteiger partial charge in [0, 0.05) is 29.4 Å². The summed E-state index contributed by atoms with van der Waals surface area (Å²) < 4.78 is 2.18. The lowest BCUT2D eigenvalue weighted by molar-refractivity contribution is 0.0960. The number of thiophene rings is 1. The van der Waals surface area contributed by atoms with Crippen molar-refractivity contribution in [1.82, 2.24) is 4.57 Å². The third-order valence-corrected chi connectivity index (χ3v) is 3.69. The Bertz CT molecular complexity index is 483. The van der Waals surface area contributed by atoms with Crippen LogP contribution in [0.3, 0.4) is 0 Å². The maximum Gasteiger partial charge on any atom is 0.172 e. The van der Waals surface area contributed by atoms with Crippen LogP contribution in [-0.2, 0) is 6.54 Å². The minimum atomic E-state index is 0.0783. The maximum atomic E-state index is 12.2. The molecular formula is C12H11NOS. The number of aromatic nitrogens is 1. The summed E-state index contributed by atoms with van der Waals surface area (Å²) in [6, 6.07) is 5.99.